The molecule has 0 fully saturated rings. The molecule has 138 valence electrons. The molecule has 4 aromatic rings. The number of carbonyl (C=O) groups is 1. The fourth-order valence-electron chi connectivity index (χ4n) is 3.26. The van der Waals surface area contributed by atoms with Crippen molar-refractivity contribution >= 4 is 22.4 Å². The molecule has 0 aliphatic rings. The van der Waals surface area contributed by atoms with Gasteiger partial charge in [-0.25, -0.2) is 4.79 Å². The number of esters is 1. The van der Waals surface area contributed by atoms with E-state index in [-0.39, 0.29) is 5.97 Å². The Morgan fingerprint density at radius 2 is 1.82 bits per heavy atom. The summed E-state index contributed by atoms with van der Waals surface area (Å²) >= 11 is 0. The number of fused-ring (bicyclic) bond motifs is 3. The van der Waals surface area contributed by atoms with Gasteiger partial charge >= 0.3 is 5.97 Å². The van der Waals surface area contributed by atoms with Crippen molar-refractivity contribution in [1.82, 2.24) is 4.40 Å². The first kappa shape index (κ1) is 17.6. The summed E-state index contributed by atoms with van der Waals surface area (Å²) in [4.78, 5) is 12.5. The zero-order chi connectivity index (χ0) is 19.5. The molecule has 0 spiro atoms. The molecule has 0 N–H and O–H groups in total. The number of ether oxygens (including phenoxy) is 2. The highest BCUT2D eigenvalue weighted by molar-refractivity contribution is 6.11. The molecule has 28 heavy (non-hydrogen) atoms. The van der Waals surface area contributed by atoms with E-state index in [1.54, 1.807) is 19.1 Å². The topological polar surface area (TPSA) is 63.7 Å². The highest BCUT2D eigenvalue weighted by atomic mass is 16.5. The first-order chi connectivity index (χ1) is 13.7. The van der Waals surface area contributed by atoms with Crippen LogP contribution in [0.4, 0.5) is 0 Å². The molecule has 0 radical (unpaired) electrons. The molecule has 0 atom stereocenters. The van der Waals surface area contributed by atoms with Gasteiger partial charge in [0.2, 0.25) is 0 Å². The van der Waals surface area contributed by atoms with Gasteiger partial charge in [-0.15, -0.1) is 0 Å². The van der Waals surface area contributed by atoms with Crippen LogP contribution >= 0.6 is 0 Å². The third-order valence-electron chi connectivity index (χ3n) is 4.58. The van der Waals surface area contributed by atoms with Crippen LogP contribution in [0.25, 0.3) is 16.4 Å². The minimum atomic E-state index is -0.326. The van der Waals surface area contributed by atoms with Crippen molar-refractivity contribution in [3.63, 3.8) is 0 Å². The molecule has 5 nitrogen and oxygen atoms in total. The van der Waals surface area contributed by atoms with Crippen molar-refractivity contribution in [1.29, 1.82) is 5.26 Å². The highest BCUT2D eigenvalue weighted by Crippen LogP contribution is 2.29. The average Bonchev–Trinajstić information content (AvgIpc) is 3.06. The number of aromatic nitrogens is 1. The molecule has 0 aliphatic carbocycles. The quantitative estimate of drug-likeness (QED) is 0.477. The van der Waals surface area contributed by atoms with E-state index in [0.717, 1.165) is 22.0 Å². The van der Waals surface area contributed by atoms with Crippen molar-refractivity contribution in [2.75, 3.05) is 6.61 Å². The SMILES string of the molecule is CCOC(=O)c1c2ccccc2n2cc(OCc3ccc(C#N)cc3)ccc12. The van der Waals surface area contributed by atoms with Crippen LogP contribution in [0.2, 0.25) is 0 Å². The minimum absolute atomic E-state index is 0.326. The smallest absolute Gasteiger partial charge is 0.340 e. The Kier molecular flexibility index (Phi) is 4.69. The van der Waals surface area contributed by atoms with Gasteiger partial charge in [0.25, 0.3) is 0 Å². The van der Waals surface area contributed by atoms with Crippen molar-refractivity contribution in [2.45, 2.75) is 13.5 Å². The lowest BCUT2D eigenvalue weighted by atomic mass is 10.1. The molecule has 4 rings (SSSR count). The van der Waals surface area contributed by atoms with Crippen LogP contribution in [0.3, 0.4) is 0 Å². The first-order valence-electron chi connectivity index (χ1n) is 9.03. The van der Waals surface area contributed by atoms with Crippen LogP contribution in [0.5, 0.6) is 5.75 Å². The molecule has 0 saturated carbocycles. The Bertz CT molecular complexity index is 1200. The fraction of sp³-hybridized carbons (Fsp3) is 0.130. The molecule has 2 aromatic carbocycles. The van der Waals surface area contributed by atoms with E-state index >= 15 is 0 Å². The third-order valence-corrected chi connectivity index (χ3v) is 4.58. The molecular weight excluding hydrogens is 352 g/mol. The lowest BCUT2D eigenvalue weighted by molar-refractivity contribution is 0.0531. The molecule has 5 heteroatoms. The van der Waals surface area contributed by atoms with Gasteiger partial charge in [-0.05, 0) is 42.8 Å². The maximum Gasteiger partial charge on any atom is 0.340 e. The lowest BCUT2D eigenvalue weighted by Crippen LogP contribution is -2.04. The van der Waals surface area contributed by atoms with Crippen molar-refractivity contribution in [3.8, 4) is 11.8 Å². The Morgan fingerprint density at radius 3 is 2.57 bits per heavy atom. The Balaban J connectivity index is 1.69. The van der Waals surface area contributed by atoms with Crippen molar-refractivity contribution in [2.24, 2.45) is 0 Å². The molecule has 0 unspecified atom stereocenters. The number of pyridine rings is 1. The maximum atomic E-state index is 12.5. The number of rotatable bonds is 5. The standard InChI is InChI=1S/C23H18N2O3/c1-2-27-23(26)22-19-5-3-4-6-20(19)25-14-18(11-12-21(22)25)28-15-17-9-7-16(13-24)8-10-17/h3-12,14H,2,15H2,1H3. The van der Waals surface area contributed by atoms with Crippen LogP contribution in [-0.4, -0.2) is 17.0 Å². The summed E-state index contributed by atoms with van der Waals surface area (Å²) in [7, 11) is 0. The van der Waals surface area contributed by atoms with Gasteiger partial charge in [-0.3, -0.25) is 0 Å². The third kappa shape index (κ3) is 3.17. The number of para-hydroxylation sites is 1. The Labute approximate surface area is 162 Å². The van der Waals surface area contributed by atoms with E-state index in [2.05, 4.69) is 6.07 Å². The number of benzene rings is 2. The van der Waals surface area contributed by atoms with E-state index < -0.39 is 0 Å². The van der Waals surface area contributed by atoms with Crippen LogP contribution in [0.15, 0.2) is 66.9 Å². The predicted octanol–water partition coefficient (Wildman–Crippen LogP) is 4.72. The second-order valence-electron chi connectivity index (χ2n) is 6.33. The number of nitrogens with zero attached hydrogens (tertiary/aromatic N) is 2. The van der Waals surface area contributed by atoms with Gasteiger partial charge in [-0.2, -0.15) is 5.26 Å². The van der Waals surface area contributed by atoms with Gasteiger partial charge in [0.15, 0.2) is 0 Å². The summed E-state index contributed by atoms with van der Waals surface area (Å²) in [6.07, 6.45) is 1.88. The zero-order valence-electron chi connectivity index (χ0n) is 15.4. The van der Waals surface area contributed by atoms with Gasteiger partial charge in [0.1, 0.15) is 12.4 Å². The zero-order valence-corrected chi connectivity index (χ0v) is 15.4. The highest BCUT2D eigenvalue weighted by Gasteiger charge is 2.19. The summed E-state index contributed by atoms with van der Waals surface area (Å²) < 4.78 is 13.1. The summed E-state index contributed by atoms with van der Waals surface area (Å²) in [5, 5.41) is 9.73. The Hall–Kier alpha value is -3.78. The van der Waals surface area contributed by atoms with Crippen molar-refractivity contribution in [3.05, 3.63) is 83.6 Å². The second-order valence-corrected chi connectivity index (χ2v) is 6.33. The van der Waals surface area contributed by atoms with Crippen LogP contribution in [0, 0.1) is 11.3 Å². The van der Waals surface area contributed by atoms with E-state index in [9.17, 15) is 4.79 Å². The number of hydrogen-bond donors (Lipinski definition) is 0. The normalized spacial score (nSPS) is 10.7. The van der Waals surface area contributed by atoms with E-state index in [4.69, 9.17) is 14.7 Å². The predicted molar refractivity (Wildman–Crippen MR) is 106 cm³/mol. The van der Waals surface area contributed by atoms with Crippen LogP contribution in [-0.2, 0) is 11.3 Å². The Morgan fingerprint density at radius 1 is 1.04 bits per heavy atom. The van der Waals surface area contributed by atoms with Gasteiger partial charge in [0.05, 0.1) is 41.0 Å². The molecule has 0 bridgehead atoms. The first-order valence-corrected chi connectivity index (χ1v) is 9.03. The van der Waals surface area contributed by atoms with Crippen molar-refractivity contribution < 1.29 is 14.3 Å². The minimum Gasteiger partial charge on any atom is -0.487 e. The summed E-state index contributed by atoms with van der Waals surface area (Å²) in [6.45, 7) is 2.52. The molecule has 0 aliphatic heterocycles. The number of hydrogen-bond acceptors (Lipinski definition) is 4. The molecular formula is C23H18N2O3. The summed E-state index contributed by atoms with van der Waals surface area (Å²) in [5.41, 5.74) is 3.87. The average molecular weight is 370 g/mol. The monoisotopic (exact) mass is 370 g/mol. The largest absolute Gasteiger partial charge is 0.487 e. The van der Waals surface area contributed by atoms with Crippen LogP contribution < -0.4 is 4.74 Å². The molecule has 2 aromatic heterocycles. The molecule has 0 saturated heterocycles. The molecule has 2 heterocycles. The van der Waals surface area contributed by atoms with Crippen LogP contribution in [0.1, 0.15) is 28.4 Å². The van der Waals surface area contributed by atoms with E-state index in [0.29, 0.717) is 30.1 Å². The van der Waals surface area contributed by atoms with Gasteiger partial charge in [0, 0.05) is 5.39 Å². The van der Waals surface area contributed by atoms with Gasteiger partial charge in [-0.1, -0.05) is 30.3 Å². The maximum absolute atomic E-state index is 12.5. The van der Waals surface area contributed by atoms with E-state index in [1.807, 2.05) is 59.1 Å². The molecule has 0 amide bonds. The summed E-state index contributed by atoms with van der Waals surface area (Å²) in [6, 6.07) is 20.9. The number of nitriles is 1. The van der Waals surface area contributed by atoms with Gasteiger partial charge < -0.3 is 13.9 Å². The number of carbonyl (C=O) groups excluding carboxylic acids is 1. The van der Waals surface area contributed by atoms with E-state index in [1.165, 1.54) is 0 Å². The lowest BCUT2D eigenvalue weighted by Gasteiger charge is -2.08. The summed E-state index contributed by atoms with van der Waals surface area (Å²) in [5.74, 6) is 0.362. The second kappa shape index (κ2) is 7.45. The fourth-order valence-corrected chi connectivity index (χ4v) is 3.26.